The van der Waals surface area contributed by atoms with Gasteiger partial charge < -0.3 is 10.1 Å². The number of dihydropyridines is 1. The average molecular weight is 335 g/mol. The van der Waals surface area contributed by atoms with Gasteiger partial charge in [0.15, 0.2) is 5.72 Å². The molecule has 1 aromatic carbocycles. The van der Waals surface area contributed by atoms with Crippen LogP contribution in [-0.4, -0.2) is 16.9 Å². The van der Waals surface area contributed by atoms with Gasteiger partial charge in [0.05, 0.1) is 12.1 Å². The predicted octanol–water partition coefficient (Wildman–Crippen LogP) is 3.50. The molecule has 1 N–H and O–H groups in total. The van der Waals surface area contributed by atoms with Crippen molar-refractivity contribution in [1.82, 2.24) is 15.1 Å². The van der Waals surface area contributed by atoms with E-state index in [2.05, 4.69) is 10.4 Å². The van der Waals surface area contributed by atoms with Crippen LogP contribution in [0.5, 0.6) is 0 Å². The van der Waals surface area contributed by atoms with Gasteiger partial charge in [-0.15, -0.1) is 0 Å². The Kier molecular flexibility index (Phi) is 4.44. The molecule has 7 heteroatoms. The fourth-order valence-corrected chi connectivity index (χ4v) is 2.57. The van der Waals surface area contributed by atoms with Crippen LogP contribution in [0, 0.1) is 5.82 Å². The smallest absolute Gasteiger partial charge is 0.266 e. The molecular formula is C17H16F3N3O. The van der Waals surface area contributed by atoms with Crippen LogP contribution in [0.2, 0.25) is 0 Å². The van der Waals surface area contributed by atoms with Crippen LogP contribution in [0.1, 0.15) is 17.6 Å². The average Bonchev–Trinajstić information content (AvgIpc) is 3.09. The molecule has 1 aliphatic heterocycles. The second kappa shape index (κ2) is 6.52. The summed E-state index contributed by atoms with van der Waals surface area (Å²) < 4.78 is 46.6. The van der Waals surface area contributed by atoms with Gasteiger partial charge in [0.2, 0.25) is 0 Å². The molecule has 1 aliphatic rings. The van der Waals surface area contributed by atoms with Crippen molar-refractivity contribution in [1.29, 1.82) is 0 Å². The number of benzene rings is 1. The van der Waals surface area contributed by atoms with Crippen LogP contribution in [0.4, 0.5) is 13.2 Å². The van der Waals surface area contributed by atoms with Crippen molar-refractivity contribution < 1.29 is 17.9 Å². The van der Waals surface area contributed by atoms with Gasteiger partial charge in [-0.25, -0.2) is 13.2 Å². The minimum absolute atomic E-state index is 0.396. The summed E-state index contributed by atoms with van der Waals surface area (Å²) in [5, 5.41) is 7.19. The minimum atomic E-state index is -2.89. The molecule has 0 saturated heterocycles. The Morgan fingerprint density at radius 3 is 2.79 bits per heavy atom. The highest BCUT2D eigenvalue weighted by Crippen LogP contribution is 2.31. The predicted molar refractivity (Wildman–Crippen MR) is 82.6 cm³/mol. The summed E-state index contributed by atoms with van der Waals surface area (Å²) >= 11 is 0. The SMILES string of the molecule is COC1(c2ccc(F)c(C(F)F)c2)C=CC(Cn2cccn2)=CN1. The lowest BCUT2D eigenvalue weighted by Gasteiger charge is -2.33. The molecule has 0 radical (unpaired) electrons. The number of aromatic nitrogens is 2. The van der Waals surface area contributed by atoms with E-state index in [1.54, 1.807) is 23.2 Å². The third-order valence-electron chi connectivity index (χ3n) is 3.89. The van der Waals surface area contributed by atoms with Crippen molar-refractivity contribution in [3.05, 3.63) is 77.5 Å². The summed E-state index contributed by atoms with van der Waals surface area (Å²) in [4.78, 5) is 0. The van der Waals surface area contributed by atoms with E-state index >= 15 is 0 Å². The number of halogens is 3. The molecule has 4 nitrogen and oxygen atoms in total. The highest BCUT2D eigenvalue weighted by molar-refractivity contribution is 5.37. The second-order valence-electron chi connectivity index (χ2n) is 5.38. The highest BCUT2D eigenvalue weighted by Gasteiger charge is 2.31. The largest absolute Gasteiger partial charge is 0.356 e. The van der Waals surface area contributed by atoms with E-state index in [4.69, 9.17) is 4.74 Å². The lowest BCUT2D eigenvalue weighted by molar-refractivity contribution is 0.00833. The first kappa shape index (κ1) is 16.3. The summed E-state index contributed by atoms with van der Waals surface area (Å²) in [5.41, 5.74) is -0.439. The monoisotopic (exact) mass is 335 g/mol. The van der Waals surface area contributed by atoms with Gasteiger partial charge in [-0.1, -0.05) is 12.1 Å². The first-order valence-corrected chi connectivity index (χ1v) is 7.31. The summed E-state index contributed by atoms with van der Waals surface area (Å²) in [6.07, 6.45) is 5.90. The van der Waals surface area contributed by atoms with E-state index in [0.29, 0.717) is 12.1 Å². The van der Waals surface area contributed by atoms with E-state index in [0.717, 1.165) is 17.7 Å². The van der Waals surface area contributed by atoms with E-state index in [1.165, 1.54) is 13.2 Å². The van der Waals surface area contributed by atoms with Gasteiger partial charge in [-0.2, -0.15) is 5.10 Å². The zero-order valence-corrected chi connectivity index (χ0v) is 12.9. The van der Waals surface area contributed by atoms with Gasteiger partial charge in [0.25, 0.3) is 6.43 Å². The zero-order chi connectivity index (χ0) is 17.2. The Balaban J connectivity index is 1.86. The number of hydrogen-bond donors (Lipinski definition) is 1. The Morgan fingerprint density at radius 2 is 2.21 bits per heavy atom. The molecule has 2 heterocycles. The third kappa shape index (κ3) is 3.07. The van der Waals surface area contributed by atoms with Crippen molar-refractivity contribution in [2.75, 3.05) is 7.11 Å². The van der Waals surface area contributed by atoms with Gasteiger partial charge in [0, 0.05) is 31.3 Å². The highest BCUT2D eigenvalue weighted by atomic mass is 19.3. The molecule has 0 saturated carbocycles. The topological polar surface area (TPSA) is 39.1 Å². The molecule has 0 fully saturated rings. The summed E-state index contributed by atoms with van der Waals surface area (Å²) in [7, 11) is 1.45. The standard InChI is InChI=1S/C17H16F3N3O/c1-24-17(13-3-4-15(18)14(9-13)16(19)20)6-5-12(10-21-17)11-23-8-2-7-22-23/h2-10,16,21H,11H2,1H3. The number of alkyl halides is 2. The molecule has 0 bridgehead atoms. The molecule has 0 amide bonds. The fourth-order valence-electron chi connectivity index (χ4n) is 2.57. The number of ether oxygens (including phenoxy) is 1. The summed E-state index contributed by atoms with van der Waals surface area (Å²) in [6.45, 7) is 0.558. The maximum atomic E-state index is 13.5. The van der Waals surface area contributed by atoms with Crippen LogP contribution < -0.4 is 5.32 Å². The van der Waals surface area contributed by atoms with Crippen LogP contribution in [0.3, 0.4) is 0 Å². The Bertz CT molecular complexity index is 771. The normalized spacial score (nSPS) is 20.1. The van der Waals surface area contributed by atoms with Crippen LogP contribution in [0.25, 0.3) is 0 Å². The van der Waals surface area contributed by atoms with Crippen LogP contribution in [-0.2, 0) is 17.0 Å². The fraction of sp³-hybridized carbons (Fsp3) is 0.235. The van der Waals surface area contributed by atoms with Crippen molar-refractivity contribution in [3.63, 3.8) is 0 Å². The lowest BCUT2D eigenvalue weighted by atomic mass is 9.96. The molecule has 3 rings (SSSR count). The van der Waals surface area contributed by atoms with E-state index in [1.807, 2.05) is 18.3 Å². The molecule has 1 aromatic heterocycles. The first-order chi connectivity index (χ1) is 11.5. The summed E-state index contributed by atoms with van der Waals surface area (Å²) in [6, 6.07) is 5.39. The van der Waals surface area contributed by atoms with Gasteiger partial charge in [-0.3, -0.25) is 4.68 Å². The maximum Gasteiger partial charge on any atom is 0.266 e. The maximum absolute atomic E-state index is 13.5. The number of allylic oxidation sites excluding steroid dienone is 2. The Labute approximate surface area is 137 Å². The van der Waals surface area contributed by atoms with E-state index < -0.39 is 23.5 Å². The molecule has 0 aliphatic carbocycles. The van der Waals surface area contributed by atoms with E-state index in [9.17, 15) is 13.2 Å². The molecule has 24 heavy (non-hydrogen) atoms. The molecule has 1 unspecified atom stereocenters. The number of nitrogens with zero attached hydrogens (tertiary/aromatic N) is 2. The third-order valence-corrected chi connectivity index (χ3v) is 3.89. The first-order valence-electron chi connectivity index (χ1n) is 7.31. The zero-order valence-electron chi connectivity index (χ0n) is 12.9. The number of methoxy groups -OCH3 is 1. The van der Waals surface area contributed by atoms with Crippen LogP contribution in [0.15, 0.2) is 60.6 Å². The summed E-state index contributed by atoms with van der Waals surface area (Å²) in [5.74, 6) is -0.935. The van der Waals surface area contributed by atoms with Crippen molar-refractivity contribution in [2.24, 2.45) is 0 Å². The van der Waals surface area contributed by atoms with Gasteiger partial charge in [-0.05, 0) is 29.8 Å². The Hall–Kier alpha value is -2.54. The van der Waals surface area contributed by atoms with E-state index in [-0.39, 0.29) is 0 Å². The minimum Gasteiger partial charge on any atom is -0.356 e. The van der Waals surface area contributed by atoms with Crippen molar-refractivity contribution >= 4 is 0 Å². The van der Waals surface area contributed by atoms with Gasteiger partial charge >= 0.3 is 0 Å². The Morgan fingerprint density at radius 1 is 1.38 bits per heavy atom. The number of nitrogens with one attached hydrogen (secondary N) is 1. The molecule has 2 aromatic rings. The number of rotatable bonds is 5. The quantitative estimate of drug-likeness (QED) is 0.909. The van der Waals surface area contributed by atoms with Crippen molar-refractivity contribution in [3.8, 4) is 0 Å². The van der Waals surface area contributed by atoms with Gasteiger partial charge in [0.1, 0.15) is 5.82 Å². The number of hydrogen-bond acceptors (Lipinski definition) is 3. The molecule has 126 valence electrons. The van der Waals surface area contributed by atoms with Crippen molar-refractivity contribution in [2.45, 2.75) is 18.7 Å². The lowest BCUT2D eigenvalue weighted by Crippen LogP contribution is -2.41. The molecular weight excluding hydrogens is 319 g/mol. The molecule has 1 atom stereocenters. The molecule has 0 spiro atoms. The second-order valence-corrected chi connectivity index (χ2v) is 5.38. The van der Waals surface area contributed by atoms with Crippen LogP contribution >= 0.6 is 0 Å².